The molecule has 7 N–H and O–H groups in total. The van der Waals surface area contributed by atoms with Crippen molar-refractivity contribution >= 4 is 23.4 Å². The molecule has 9 nitrogen and oxygen atoms in total. The lowest BCUT2D eigenvalue weighted by molar-refractivity contribution is -0.130. The fourth-order valence-electron chi connectivity index (χ4n) is 5.89. The lowest BCUT2D eigenvalue weighted by atomic mass is 9.45. The molecule has 0 saturated heterocycles. The predicted octanol–water partition coefficient (Wildman–Crippen LogP) is 2.52. The van der Waals surface area contributed by atoms with Crippen molar-refractivity contribution in [2.45, 2.75) is 39.2 Å². The number of carbonyl (C=O) groups is 3. The number of amides is 3. The minimum absolute atomic E-state index is 0.0599. The van der Waals surface area contributed by atoms with Crippen molar-refractivity contribution in [2.75, 3.05) is 25.0 Å². The Morgan fingerprint density at radius 3 is 2.24 bits per heavy atom. The molecular formula is C28H37N5O4. The Morgan fingerprint density at radius 1 is 1.03 bits per heavy atom. The summed E-state index contributed by atoms with van der Waals surface area (Å²) in [5.41, 5.74) is 10.3. The minimum atomic E-state index is -1.03. The lowest BCUT2D eigenvalue weighted by Gasteiger charge is -2.60. The van der Waals surface area contributed by atoms with Gasteiger partial charge in [-0.15, -0.1) is 0 Å². The van der Waals surface area contributed by atoms with Crippen LogP contribution in [-0.4, -0.2) is 48.6 Å². The molecule has 0 aliphatic heterocycles. The van der Waals surface area contributed by atoms with E-state index in [2.05, 4.69) is 29.8 Å². The number of carbonyl (C=O) groups excluding carboxylic acids is 3. The van der Waals surface area contributed by atoms with Crippen molar-refractivity contribution in [1.29, 1.82) is 0 Å². The summed E-state index contributed by atoms with van der Waals surface area (Å²) in [4.78, 5) is 36.3. The van der Waals surface area contributed by atoms with Gasteiger partial charge in [0.15, 0.2) is 0 Å². The summed E-state index contributed by atoms with van der Waals surface area (Å²) in [6, 6.07) is 13.4. The van der Waals surface area contributed by atoms with Crippen LogP contribution in [0.5, 0.6) is 0 Å². The van der Waals surface area contributed by atoms with Gasteiger partial charge in [-0.3, -0.25) is 19.6 Å². The average Bonchev–Trinajstić information content (AvgIpc) is 2.91. The monoisotopic (exact) mass is 507 g/mol. The van der Waals surface area contributed by atoms with Crippen LogP contribution >= 0.6 is 0 Å². The Kier molecular flexibility index (Phi) is 8.26. The molecule has 4 atom stereocenters. The third-order valence-electron chi connectivity index (χ3n) is 8.31. The molecule has 2 bridgehead atoms. The molecule has 37 heavy (non-hydrogen) atoms. The highest BCUT2D eigenvalue weighted by Gasteiger charge is 2.53. The van der Waals surface area contributed by atoms with E-state index in [0.717, 1.165) is 35.2 Å². The molecule has 3 fully saturated rings. The molecule has 9 heteroatoms. The Labute approximate surface area is 217 Å². The second kappa shape index (κ2) is 11.4. The predicted molar refractivity (Wildman–Crippen MR) is 142 cm³/mol. The Hall–Kier alpha value is -3.27. The Morgan fingerprint density at radius 2 is 1.68 bits per heavy atom. The van der Waals surface area contributed by atoms with Gasteiger partial charge in [0.05, 0.1) is 6.54 Å². The van der Waals surface area contributed by atoms with Gasteiger partial charge in [-0.2, -0.15) is 0 Å². The second-order valence-corrected chi connectivity index (χ2v) is 10.8. The quantitative estimate of drug-likeness (QED) is 0.215. The first-order valence-corrected chi connectivity index (χ1v) is 12.9. The van der Waals surface area contributed by atoms with E-state index in [4.69, 9.17) is 10.9 Å². The van der Waals surface area contributed by atoms with Gasteiger partial charge in [-0.1, -0.05) is 38.1 Å². The first kappa shape index (κ1) is 26.8. The van der Waals surface area contributed by atoms with Crippen LogP contribution in [0.25, 0.3) is 11.1 Å². The summed E-state index contributed by atoms with van der Waals surface area (Å²) in [6.45, 7) is 5.82. The molecule has 3 saturated carbocycles. The van der Waals surface area contributed by atoms with Crippen LogP contribution in [0.15, 0.2) is 48.5 Å². The third kappa shape index (κ3) is 6.01. The van der Waals surface area contributed by atoms with E-state index in [1.165, 1.54) is 24.7 Å². The summed E-state index contributed by atoms with van der Waals surface area (Å²) in [5.74, 6) is 1.01. The molecule has 0 heterocycles. The van der Waals surface area contributed by atoms with E-state index in [-0.39, 0.29) is 12.5 Å². The van der Waals surface area contributed by atoms with Gasteiger partial charge in [0.2, 0.25) is 5.91 Å². The highest BCUT2D eigenvalue weighted by Crippen LogP contribution is 2.61. The molecule has 5 rings (SSSR count). The van der Waals surface area contributed by atoms with Crippen molar-refractivity contribution in [3.05, 3.63) is 54.1 Å². The molecule has 3 amide bonds. The molecule has 2 aromatic rings. The van der Waals surface area contributed by atoms with Crippen molar-refractivity contribution in [2.24, 2.45) is 28.9 Å². The summed E-state index contributed by atoms with van der Waals surface area (Å²) in [7, 11) is 0. The van der Waals surface area contributed by atoms with Crippen LogP contribution in [0.3, 0.4) is 0 Å². The van der Waals surface area contributed by atoms with E-state index < -0.39 is 17.9 Å². The van der Waals surface area contributed by atoms with E-state index in [9.17, 15) is 14.4 Å². The molecule has 3 aliphatic rings. The fraction of sp³-hybridized carbons (Fsp3) is 0.464. The molecule has 0 aromatic heterocycles. The van der Waals surface area contributed by atoms with Gasteiger partial charge in [0, 0.05) is 17.8 Å². The van der Waals surface area contributed by atoms with E-state index >= 15 is 0 Å². The van der Waals surface area contributed by atoms with Crippen LogP contribution in [0.4, 0.5) is 5.69 Å². The number of rotatable bonds is 10. The first-order chi connectivity index (χ1) is 17.7. The smallest absolute Gasteiger partial charge is 0.267 e. The van der Waals surface area contributed by atoms with Crippen molar-refractivity contribution < 1.29 is 19.6 Å². The zero-order valence-electron chi connectivity index (χ0n) is 21.4. The first-order valence-electron chi connectivity index (χ1n) is 12.9. The van der Waals surface area contributed by atoms with E-state index in [0.29, 0.717) is 23.4 Å². The Balaban J connectivity index is 1.25. The van der Waals surface area contributed by atoms with Gasteiger partial charge >= 0.3 is 0 Å². The number of hydrogen-bond donors (Lipinski definition) is 6. The maximum Gasteiger partial charge on any atom is 0.267 e. The number of benzene rings is 2. The number of fused-ring (bicyclic) bond motifs is 2. The minimum Gasteiger partial charge on any atom is -0.339 e. The normalized spacial score (nSPS) is 22.3. The number of nitrogens with two attached hydrogens (primary N) is 1. The number of anilines is 1. The highest BCUT2D eigenvalue weighted by atomic mass is 16.5. The van der Waals surface area contributed by atoms with Crippen molar-refractivity contribution in [1.82, 2.24) is 16.1 Å². The lowest BCUT2D eigenvalue weighted by Crippen LogP contribution is -2.54. The maximum atomic E-state index is 12.4. The molecule has 1 unspecified atom stereocenters. The fourth-order valence-corrected chi connectivity index (χ4v) is 5.89. The van der Waals surface area contributed by atoms with E-state index in [1.54, 1.807) is 24.3 Å². The third-order valence-corrected chi connectivity index (χ3v) is 8.31. The maximum absolute atomic E-state index is 12.4. The Bertz CT molecular complexity index is 1110. The summed E-state index contributed by atoms with van der Waals surface area (Å²) >= 11 is 0. The van der Waals surface area contributed by atoms with Crippen LogP contribution < -0.4 is 27.2 Å². The summed E-state index contributed by atoms with van der Waals surface area (Å²) < 4.78 is 0. The van der Waals surface area contributed by atoms with Gasteiger partial charge < -0.3 is 21.7 Å². The summed E-state index contributed by atoms with van der Waals surface area (Å²) in [6.07, 6.45) is 3.91. The largest absolute Gasteiger partial charge is 0.339 e. The zero-order valence-corrected chi connectivity index (χ0v) is 21.4. The number of hydrogen-bond acceptors (Lipinski definition) is 6. The SMILES string of the molecule is CC1(C)C2CC[C@@H](CNCC(=O)Nc3ccc(-c4ccc(C(=O)N[C@@H](CN)C(=O)NO)cc4)cc3)[C@@H]1C2. The standard InChI is InChI=1S/C28H37N5O4/c1-28(2)21-10-7-20(23(28)13-21)15-30-16-25(34)31-22-11-8-18(9-12-22)17-3-5-19(6-4-17)26(35)32-24(14-29)27(36)33-37/h3-6,8-9,11-12,20-21,23-24,30,37H,7,10,13-16,29H2,1-2H3,(H,31,34)(H,32,35)(H,33,36)/t20-,21?,23-,24-/m0/s1. The van der Waals surface area contributed by atoms with Crippen LogP contribution in [-0.2, 0) is 9.59 Å². The van der Waals surface area contributed by atoms with Crippen LogP contribution in [0, 0.1) is 23.2 Å². The molecule has 2 aromatic carbocycles. The molecule has 3 aliphatic carbocycles. The molecule has 198 valence electrons. The molecule has 0 radical (unpaired) electrons. The average molecular weight is 508 g/mol. The number of hydroxylamine groups is 1. The van der Waals surface area contributed by atoms with Crippen LogP contribution in [0.1, 0.15) is 43.5 Å². The van der Waals surface area contributed by atoms with Crippen molar-refractivity contribution in [3.8, 4) is 11.1 Å². The molecule has 0 spiro atoms. The van der Waals surface area contributed by atoms with Gasteiger partial charge in [-0.25, -0.2) is 5.48 Å². The van der Waals surface area contributed by atoms with Gasteiger partial charge in [-0.05, 0) is 84.4 Å². The number of nitrogens with one attached hydrogen (secondary N) is 4. The topological polar surface area (TPSA) is 146 Å². The van der Waals surface area contributed by atoms with Gasteiger partial charge in [0.1, 0.15) is 6.04 Å². The van der Waals surface area contributed by atoms with E-state index in [1.807, 2.05) is 24.3 Å². The van der Waals surface area contributed by atoms with Crippen molar-refractivity contribution in [3.63, 3.8) is 0 Å². The zero-order chi connectivity index (χ0) is 26.6. The summed E-state index contributed by atoms with van der Waals surface area (Å²) in [5, 5.41) is 17.5. The second-order valence-electron chi connectivity index (χ2n) is 10.8. The van der Waals surface area contributed by atoms with Gasteiger partial charge in [0.25, 0.3) is 11.8 Å². The molecular weight excluding hydrogens is 470 g/mol. The van der Waals surface area contributed by atoms with Crippen LogP contribution in [0.2, 0.25) is 0 Å². The highest BCUT2D eigenvalue weighted by molar-refractivity contribution is 5.98.